The van der Waals surface area contributed by atoms with Crippen molar-refractivity contribution in [2.24, 2.45) is 0 Å². The molecule has 0 aromatic carbocycles. The molecule has 0 spiro atoms. The molecule has 0 saturated carbocycles. The van der Waals surface area contributed by atoms with Gasteiger partial charge in [0.05, 0.1) is 11.0 Å². The predicted octanol–water partition coefficient (Wildman–Crippen LogP) is 2.72. The Balaban J connectivity index is 1.66. The van der Waals surface area contributed by atoms with E-state index in [2.05, 4.69) is 21.7 Å². The fraction of sp³-hybridized carbons (Fsp3) is 0.750. The highest BCUT2D eigenvalue weighted by atomic mass is 32.1. The lowest BCUT2D eigenvalue weighted by atomic mass is 9.96. The molecule has 2 fully saturated rings. The van der Waals surface area contributed by atoms with Crippen LogP contribution in [0, 0.1) is 0 Å². The Labute approximate surface area is 131 Å². The molecule has 3 rings (SSSR count). The van der Waals surface area contributed by atoms with Gasteiger partial charge >= 0.3 is 0 Å². The molecule has 1 aromatic heterocycles. The second-order valence-electron chi connectivity index (χ2n) is 6.13. The number of nitrogens with zero attached hydrogens (tertiary/aromatic N) is 3. The number of hydrogen-bond acceptors (Lipinski definition) is 4. The first-order valence-corrected chi connectivity index (χ1v) is 9.09. The first-order chi connectivity index (χ1) is 10.3. The van der Waals surface area contributed by atoms with Gasteiger partial charge < -0.3 is 4.90 Å². The van der Waals surface area contributed by atoms with Gasteiger partial charge in [-0.3, -0.25) is 9.69 Å². The van der Waals surface area contributed by atoms with Crippen molar-refractivity contribution in [3.05, 3.63) is 16.6 Å². The molecule has 0 unspecified atom stereocenters. The minimum absolute atomic E-state index is 0.124. The monoisotopic (exact) mass is 307 g/mol. The maximum absolute atomic E-state index is 12.9. The van der Waals surface area contributed by atoms with Crippen LogP contribution in [0.15, 0.2) is 11.6 Å². The molecule has 2 saturated heterocycles. The van der Waals surface area contributed by atoms with Crippen LogP contribution < -0.4 is 0 Å². The number of hydrogen-bond donors (Lipinski definition) is 0. The molecule has 5 heteroatoms. The maximum Gasteiger partial charge on any atom is 0.239 e. The predicted molar refractivity (Wildman–Crippen MR) is 85.6 cm³/mol. The quantitative estimate of drug-likeness (QED) is 0.861. The van der Waals surface area contributed by atoms with Crippen molar-refractivity contribution >= 4 is 17.2 Å². The normalized spacial score (nSPS) is 27.8. The number of likely N-dealkylation sites (tertiary alicyclic amines) is 2. The molecule has 0 bridgehead atoms. The van der Waals surface area contributed by atoms with E-state index < -0.39 is 0 Å². The number of thiazole rings is 1. The van der Waals surface area contributed by atoms with Gasteiger partial charge in [0.25, 0.3) is 0 Å². The Hall–Kier alpha value is -0.940. The van der Waals surface area contributed by atoms with Crippen LogP contribution in [0.2, 0.25) is 0 Å². The average Bonchev–Trinajstić information content (AvgIpc) is 3.09. The largest absolute Gasteiger partial charge is 0.341 e. The zero-order valence-electron chi connectivity index (χ0n) is 12.8. The Kier molecular flexibility index (Phi) is 4.91. The average molecular weight is 307 g/mol. The number of piperidine rings is 2. The highest BCUT2D eigenvalue weighted by Gasteiger charge is 2.34. The minimum Gasteiger partial charge on any atom is -0.341 e. The van der Waals surface area contributed by atoms with Crippen molar-refractivity contribution in [3.63, 3.8) is 0 Å². The summed E-state index contributed by atoms with van der Waals surface area (Å²) in [5.74, 6) is 0.805. The molecule has 116 valence electrons. The number of carbonyl (C=O) groups is 1. The van der Waals surface area contributed by atoms with Crippen LogP contribution in [0.1, 0.15) is 50.0 Å². The van der Waals surface area contributed by atoms with Crippen LogP contribution in [0.5, 0.6) is 0 Å². The van der Waals surface area contributed by atoms with Gasteiger partial charge in [0.2, 0.25) is 5.91 Å². The summed E-state index contributed by atoms with van der Waals surface area (Å²) in [5.41, 5.74) is 0. The van der Waals surface area contributed by atoms with Crippen molar-refractivity contribution < 1.29 is 4.79 Å². The first-order valence-electron chi connectivity index (χ1n) is 8.22. The van der Waals surface area contributed by atoms with Crippen molar-refractivity contribution in [1.82, 2.24) is 14.8 Å². The van der Waals surface area contributed by atoms with Crippen LogP contribution in [0.4, 0.5) is 0 Å². The van der Waals surface area contributed by atoms with Gasteiger partial charge in [0, 0.05) is 30.6 Å². The van der Waals surface area contributed by atoms with Crippen LogP contribution in [-0.2, 0) is 4.79 Å². The second-order valence-corrected chi connectivity index (χ2v) is 7.06. The molecule has 0 N–H and O–H groups in total. The SMILES string of the molecule is CCN1CCCC[C@@H]1C(=O)N1CCC[C@@H](c2nccs2)C1. The van der Waals surface area contributed by atoms with Crippen molar-refractivity contribution in [2.75, 3.05) is 26.2 Å². The number of likely N-dealkylation sites (N-methyl/N-ethyl adjacent to an activating group) is 1. The summed E-state index contributed by atoms with van der Waals surface area (Å²) in [6.07, 6.45) is 7.61. The lowest BCUT2D eigenvalue weighted by molar-refractivity contribution is -0.139. The van der Waals surface area contributed by atoms with Gasteiger partial charge in [0.15, 0.2) is 0 Å². The third-order valence-corrected chi connectivity index (χ3v) is 5.78. The smallest absolute Gasteiger partial charge is 0.239 e. The summed E-state index contributed by atoms with van der Waals surface area (Å²) >= 11 is 1.72. The zero-order chi connectivity index (χ0) is 14.7. The fourth-order valence-corrected chi connectivity index (χ4v) is 4.44. The number of amides is 1. The van der Waals surface area contributed by atoms with E-state index in [4.69, 9.17) is 0 Å². The molecule has 1 aromatic rings. The van der Waals surface area contributed by atoms with Crippen molar-refractivity contribution in [2.45, 2.75) is 51.0 Å². The third-order valence-electron chi connectivity index (χ3n) is 4.84. The van der Waals surface area contributed by atoms with E-state index in [-0.39, 0.29) is 6.04 Å². The van der Waals surface area contributed by atoms with Crippen LogP contribution in [0.3, 0.4) is 0 Å². The molecule has 1 amide bonds. The minimum atomic E-state index is 0.124. The topological polar surface area (TPSA) is 36.4 Å². The summed E-state index contributed by atoms with van der Waals surface area (Å²) in [5, 5.41) is 3.24. The molecule has 4 nitrogen and oxygen atoms in total. The summed E-state index contributed by atoms with van der Waals surface area (Å²) in [6.45, 7) is 6.02. The van der Waals surface area contributed by atoms with E-state index in [1.807, 2.05) is 11.6 Å². The molecule has 0 radical (unpaired) electrons. The second kappa shape index (κ2) is 6.88. The van der Waals surface area contributed by atoms with Crippen LogP contribution in [-0.4, -0.2) is 52.9 Å². The van der Waals surface area contributed by atoms with E-state index in [1.54, 1.807) is 11.3 Å². The molecule has 0 aliphatic carbocycles. The molecular weight excluding hydrogens is 282 g/mol. The summed E-state index contributed by atoms with van der Waals surface area (Å²) in [6, 6.07) is 0.124. The highest BCUT2D eigenvalue weighted by molar-refractivity contribution is 7.09. The van der Waals surface area contributed by atoms with E-state index in [0.717, 1.165) is 39.0 Å². The first kappa shape index (κ1) is 15.0. The van der Waals surface area contributed by atoms with Gasteiger partial charge in [0.1, 0.15) is 0 Å². The molecule has 2 atom stereocenters. The van der Waals surface area contributed by atoms with Gasteiger partial charge in [-0.15, -0.1) is 11.3 Å². The summed E-state index contributed by atoms with van der Waals surface area (Å²) in [4.78, 5) is 21.8. The molecule has 21 heavy (non-hydrogen) atoms. The Morgan fingerprint density at radius 1 is 1.33 bits per heavy atom. The Morgan fingerprint density at radius 3 is 3.00 bits per heavy atom. The molecular formula is C16H25N3OS. The van der Waals surface area contributed by atoms with Gasteiger partial charge in [-0.05, 0) is 38.8 Å². The number of rotatable bonds is 3. The van der Waals surface area contributed by atoms with Crippen LogP contribution >= 0.6 is 11.3 Å². The highest BCUT2D eigenvalue weighted by Crippen LogP contribution is 2.29. The van der Waals surface area contributed by atoms with Crippen molar-refractivity contribution in [1.29, 1.82) is 0 Å². The van der Waals surface area contributed by atoms with Gasteiger partial charge in [-0.2, -0.15) is 0 Å². The Bertz CT molecular complexity index is 462. The van der Waals surface area contributed by atoms with Gasteiger partial charge in [-0.1, -0.05) is 13.3 Å². The molecule has 3 heterocycles. The van der Waals surface area contributed by atoms with E-state index >= 15 is 0 Å². The standard InChI is InChI=1S/C16H25N3OS/c1-2-18-9-4-3-7-14(18)16(20)19-10-5-6-13(12-19)15-17-8-11-21-15/h8,11,13-14H,2-7,9-10,12H2,1H3/t13-,14-/m1/s1. The van der Waals surface area contributed by atoms with Gasteiger partial charge in [-0.25, -0.2) is 4.98 Å². The van der Waals surface area contributed by atoms with Crippen molar-refractivity contribution in [3.8, 4) is 0 Å². The fourth-order valence-electron chi connectivity index (χ4n) is 3.67. The molecule has 2 aliphatic heterocycles. The van der Waals surface area contributed by atoms with Crippen LogP contribution in [0.25, 0.3) is 0 Å². The third kappa shape index (κ3) is 3.29. The van der Waals surface area contributed by atoms with E-state index in [1.165, 1.54) is 24.3 Å². The maximum atomic E-state index is 12.9. The number of aromatic nitrogens is 1. The lowest BCUT2D eigenvalue weighted by Gasteiger charge is -2.39. The molecule has 2 aliphatic rings. The summed E-state index contributed by atoms with van der Waals surface area (Å²) < 4.78 is 0. The summed E-state index contributed by atoms with van der Waals surface area (Å²) in [7, 11) is 0. The Morgan fingerprint density at radius 2 is 2.24 bits per heavy atom. The van der Waals surface area contributed by atoms with E-state index in [0.29, 0.717) is 11.8 Å². The lowest BCUT2D eigenvalue weighted by Crippen LogP contribution is -2.52. The number of carbonyl (C=O) groups excluding carboxylic acids is 1. The van der Waals surface area contributed by atoms with E-state index in [9.17, 15) is 4.79 Å². The zero-order valence-corrected chi connectivity index (χ0v) is 13.6.